The maximum absolute atomic E-state index is 12.7. The first kappa shape index (κ1) is 12.9. The Balaban J connectivity index is 2.22. The van der Waals surface area contributed by atoms with Crippen LogP contribution in [0.25, 0.3) is 0 Å². The highest BCUT2D eigenvalue weighted by Crippen LogP contribution is 2.36. The van der Waals surface area contributed by atoms with Crippen LogP contribution in [0, 0.1) is 5.92 Å². The van der Waals surface area contributed by atoms with Crippen molar-refractivity contribution in [3.05, 3.63) is 0 Å². The van der Waals surface area contributed by atoms with Gasteiger partial charge in [0, 0.05) is 5.92 Å². The van der Waals surface area contributed by atoms with E-state index < -0.39 is 0 Å². The first-order valence-corrected chi connectivity index (χ1v) is 6.76. The Morgan fingerprint density at radius 2 is 1.53 bits per heavy atom. The van der Waals surface area contributed by atoms with Gasteiger partial charge in [0.2, 0.25) is 5.91 Å². The van der Waals surface area contributed by atoms with E-state index in [1.807, 2.05) is 0 Å². The Labute approximate surface area is 105 Å². The molecule has 1 aliphatic carbocycles. The van der Waals surface area contributed by atoms with E-state index in [2.05, 4.69) is 32.6 Å². The number of hydrogen-bond acceptors (Lipinski definition) is 2. The zero-order valence-electron chi connectivity index (χ0n) is 11.6. The molecule has 1 aliphatic heterocycles. The van der Waals surface area contributed by atoms with Crippen molar-refractivity contribution in [3.63, 3.8) is 0 Å². The summed E-state index contributed by atoms with van der Waals surface area (Å²) in [5.41, 5.74) is -0.358. The lowest BCUT2D eigenvalue weighted by Gasteiger charge is -2.53. The number of nitrogens with zero attached hydrogens (tertiary/aromatic N) is 1. The zero-order valence-corrected chi connectivity index (χ0v) is 11.6. The van der Waals surface area contributed by atoms with E-state index >= 15 is 0 Å². The Kier molecular flexibility index (Phi) is 3.23. The third-order valence-electron chi connectivity index (χ3n) is 4.05. The van der Waals surface area contributed by atoms with Gasteiger partial charge >= 0.3 is 0 Å². The Hall–Kier alpha value is -0.570. The van der Waals surface area contributed by atoms with Crippen molar-refractivity contribution < 1.29 is 9.53 Å². The van der Waals surface area contributed by atoms with E-state index in [9.17, 15) is 4.79 Å². The number of carbonyl (C=O) groups is 1. The average Bonchev–Trinajstić information content (AvgIpc) is 2.66. The van der Waals surface area contributed by atoms with Gasteiger partial charge in [-0.05, 0) is 40.5 Å². The predicted molar refractivity (Wildman–Crippen MR) is 67.8 cm³/mol. The van der Waals surface area contributed by atoms with Crippen molar-refractivity contribution in [2.45, 2.75) is 64.5 Å². The molecule has 0 aromatic rings. The van der Waals surface area contributed by atoms with Gasteiger partial charge in [0.1, 0.15) is 0 Å². The van der Waals surface area contributed by atoms with Crippen LogP contribution in [0.4, 0.5) is 0 Å². The summed E-state index contributed by atoms with van der Waals surface area (Å²) < 4.78 is 5.65. The molecule has 3 nitrogen and oxygen atoms in total. The van der Waals surface area contributed by atoms with Crippen molar-refractivity contribution >= 4 is 5.91 Å². The molecule has 0 N–H and O–H groups in total. The lowest BCUT2D eigenvalue weighted by atomic mass is 9.89. The van der Waals surface area contributed by atoms with E-state index in [4.69, 9.17) is 4.74 Å². The molecule has 2 rings (SSSR count). The van der Waals surface area contributed by atoms with E-state index in [1.165, 1.54) is 12.8 Å². The van der Waals surface area contributed by atoms with Crippen molar-refractivity contribution in [3.8, 4) is 0 Å². The molecule has 0 bridgehead atoms. The van der Waals surface area contributed by atoms with Crippen LogP contribution in [0.5, 0.6) is 0 Å². The lowest BCUT2D eigenvalue weighted by molar-refractivity contribution is -0.171. The van der Waals surface area contributed by atoms with Crippen LogP contribution in [-0.2, 0) is 9.53 Å². The number of ether oxygens (including phenoxy) is 1. The molecule has 3 heteroatoms. The van der Waals surface area contributed by atoms with Crippen LogP contribution >= 0.6 is 0 Å². The molecule has 1 amide bonds. The van der Waals surface area contributed by atoms with Gasteiger partial charge in [-0.1, -0.05) is 12.8 Å². The fourth-order valence-corrected chi connectivity index (χ4v) is 3.45. The van der Waals surface area contributed by atoms with Gasteiger partial charge in [0.25, 0.3) is 0 Å². The van der Waals surface area contributed by atoms with Crippen LogP contribution in [0.1, 0.15) is 53.4 Å². The highest BCUT2D eigenvalue weighted by molar-refractivity contribution is 5.80. The Bertz CT molecular complexity index is 287. The summed E-state index contributed by atoms with van der Waals surface area (Å²) in [6.07, 6.45) is 4.56. The molecule has 0 unspecified atom stereocenters. The van der Waals surface area contributed by atoms with Crippen molar-refractivity contribution in [1.82, 2.24) is 4.90 Å². The molecule has 1 saturated heterocycles. The fourth-order valence-electron chi connectivity index (χ4n) is 3.45. The van der Waals surface area contributed by atoms with Crippen LogP contribution in [0.2, 0.25) is 0 Å². The smallest absolute Gasteiger partial charge is 0.226 e. The number of amides is 1. The van der Waals surface area contributed by atoms with Crippen LogP contribution in [-0.4, -0.2) is 35.1 Å². The SMILES string of the molecule is CC1(C)COCC(C)(C)N1C(=O)C1CCCC1. The van der Waals surface area contributed by atoms with Crippen molar-refractivity contribution in [2.75, 3.05) is 13.2 Å². The molecular formula is C14H25NO2. The van der Waals surface area contributed by atoms with E-state index in [0.717, 1.165) is 12.8 Å². The number of carbonyl (C=O) groups excluding carboxylic acids is 1. The first-order chi connectivity index (χ1) is 7.84. The van der Waals surface area contributed by atoms with E-state index in [-0.39, 0.29) is 17.0 Å². The Morgan fingerprint density at radius 1 is 1.06 bits per heavy atom. The van der Waals surface area contributed by atoms with Gasteiger partial charge < -0.3 is 9.64 Å². The first-order valence-electron chi connectivity index (χ1n) is 6.76. The van der Waals surface area contributed by atoms with E-state index in [1.54, 1.807) is 0 Å². The highest BCUT2D eigenvalue weighted by atomic mass is 16.5. The standard InChI is InChI=1S/C14H25NO2/c1-13(2)9-17-10-14(3,4)15(13)12(16)11-7-5-6-8-11/h11H,5-10H2,1-4H3. The summed E-state index contributed by atoms with van der Waals surface area (Å²) >= 11 is 0. The van der Waals surface area contributed by atoms with Crippen molar-refractivity contribution in [2.24, 2.45) is 5.92 Å². The normalized spacial score (nSPS) is 28.4. The molecule has 1 saturated carbocycles. The van der Waals surface area contributed by atoms with Crippen LogP contribution in [0.15, 0.2) is 0 Å². The summed E-state index contributed by atoms with van der Waals surface area (Å²) in [5.74, 6) is 0.604. The molecule has 0 aromatic heterocycles. The molecule has 0 aromatic carbocycles. The quantitative estimate of drug-likeness (QED) is 0.704. The molecule has 98 valence electrons. The second-order valence-electron chi connectivity index (χ2n) is 6.77. The van der Waals surface area contributed by atoms with Gasteiger partial charge in [-0.3, -0.25) is 4.79 Å². The predicted octanol–water partition coefficient (Wildman–Crippen LogP) is 2.59. The van der Waals surface area contributed by atoms with Gasteiger partial charge in [0.15, 0.2) is 0 Å². The third kappa shape index (κ3) is 2.35. The minimum atomic E-state index is -0.179. The molecule has 2 aliphatic rings. The summed E-state index contributed by atoms with van der Waals surface area (Å²) in [7, 11) is 0. The summed E-state index contributed by atoms with van der Waals surface area (Å²) in [5, 5.41) is 0. The number of rotatable bonds is 1. The summed E-state index contributed by atoms with van der Waals surface area (Å²) in [6.45, 7) is 9.74. The number of hydrogen-bond donors (Lipinski definition) is 0. The van der Waals surface area contributed by atoms with Gasteiger partial charge in [-0.2, -0.15) is 0 Å². The van der Waals surface area contributed by atoms with Crippen LogP contribution in [0.3, 0.4) is 0 Å². The Morgan fingerprint density at radius 3 is 2.00 bits per heavy atom. The van der Waals surface area contributed by atoms with Gasteiger partial charge in [-0.25, -0.2) is 0 Å². The largest absolute Gasteiger partial charge is 0.377 e. The molecule has 0 atom stereocenters. The summed E-state index contributed by atoms with van der Waals surface area (Å²) in [4.78, 5) is 14.8. The second kappa shape index (κ2) is 4.27. The van der Waals surface area contributed by atoms with E-state index in [0.29, 0.717) is 19.1 Å². The maximum atomic E-state index is 12.7. The monoisotopic (exact) mass is 239 g/mol. The second-order valence-corrected chi connectivity index (χ2v) is 6.77. The maximum Gasteiger partial charge on any atom is 0.226 e. The van der Waals surface area contributed by atoms with Crippen molar-refractivity contribution in [1.29, 1.82) is 0 Å². The van der Waals surface area contributed by atoms with Gasteiger partial charge in [-0.15, -0.1) is 0 Å². The minimum absolute atomic E-state index is 0.179. The topological polar surface area (TPSA) is 29.5 Å². The molecule has 0 radical (unpaired) electrons. The van der Waals surface area contributed by atoms with Gasteiger partial charge in [0.05, 0.1) is 24.3 Å². The third-order valence-corrected chi connectivity index (χ3v) is 4.05. The lowest BCUT2D eigenvalue weighted by Crippen LogP contribution is -2.66. The molecule has 1 heterocycles. The fraction of sp³-hybridized carbons (Fsp3) is 0.929. The molecule has 17 heavy (non-hydrogen) atoms. The highest BCUT2D eigenvalue weighted by Gasteiger charge is 2.46. The molecule has 2 fully saturated rings. The average molecular weight is 239 g/mol. The molecular weight excluding hydrogens is 214 g/mol. The zero-order chi connectivity index (χ0) is 12.7. The number of morpholine rings is 1. The van der Waals surface area contributed by atoms with Crippen LogP contribution < -0.4 is 0 Å². The minimum Gasteiger partial charge on any atom is -0.377 e. The summed E-state index contributed by atoms with van der Waals surface area (Å²) in [6, 6.07) is 0. The molecule has 0 spiro atoms.